The van der Waals surface area contributed by atoms with Gasteiger partial charge in [0.25, 0.3) is 0 Å². The summed E-state index contributed by atoms with van der Waals surface area (Å²) in [5.41, 5.74) is 7.09. The van der Waals surface area contributed by atoms with Gasteiger partial charge in [-0.2, -0.15) is 0 Å². The van der Waals surface area contributed by atoms with Crippen molar-refractivity contribution in [3.05, 3.63) is 33.7 Å². The van der Waals surface area contributed by atoms with Crippen LogP contribution in [0.15, 0.2) is 17.1 Å². The number of rotatable bonds is 3. The highest BCUT2D eigenvalue weighted by atomic mass is 16.5. The predicted octanol–water partition coefficient (Wildman–Crippen LogP) is -0.274. The summed E-state index contributed by atoms with van der Waals surface area (Å²) in [4.78, 5) is 24.6. The summed E-state index contributed by atoms with van der Waals surface area (Å²) in [6.45, 7) is 1.80. The molecule has 0 bridgehead atoms. The lowest BCUT2D eigenvalue weighted by Gasteiger charge is -2.10. The first kappa shape index (κ1) is 11.5. The van der Waals surface area contributed by atoms with Crippen molar-refractivity contribution in [1.82, 2.24) is 4.98 Å². The molecule has 1 atom stereocenters. The number of methoxy groups -OCH3 is 1. The largest absolute Gasteiger partial charge is 0.468 e. The fourth-order valence-corrected chi connectivity index (χ4v) is 1.29. The molecule has 0 saturated carbocycles. The van der Waals surface area contributed by atoms with Crippen molar-refractivity contribution in [2.24, 2.45) is 5.73 Å². The molecular weight excluding hydrogens is 196 g/mol. The standard InChI is InChI=1S/C10H14N2O3/c1-6-3-9(13)12-5-7(6)4-8(11)10(14)15-2/h3,5,8H,4,11H2,1-2H3,(H,12,13)/t8-/m1/s1. The molecule has 82 valence electrons. The minimum atomic E-state index is -0.695. The number of hydrogen-bond donors (Lipinski definition) is 2. The average Bonchev–Trinajstić information content (AvgIpc) is 2.20. The Hall–Kier alpha value is -1.62. The first-order chi connectivity index (χ1) is 7.04. The van der Waals surface area contributed by atoms with Gasteiger partial charge >= 0.3 is 5.97 Å². The van der Waals surface area contributed by atoms with E-state index in [4.69, 9.17) is 5.73 Å². The Balaban J connectivity index is 2.81. The van der Waals surface area contributed by atoms with E-state index < -0.39 is 12.0 Å². The van der Waals surface area contributed by atoms with E-state index >= 15 is 0 Å². The third kappa shape index (κ3) is 2.92. The molecule has 5 heteroatoms. The molecule has 0 spiro atoms. The van der Waals surface area contributed by atoms with Crippen LogP contribution >= 0.6 is 0 Å². The summed E-state index contributed by atoms with van der Waals surface area (Å²) in [7, 11) is 1.29. The average molecular weight is 210 g/mol. The topological polar surface area (TPSA) is 85.2 Å². The van der Waals surface area contributed by atoms with E-state index in [0.29, 0.717) is 6.42 Å². The summed E-state index contributed by atoms with van der Waals surface area (Å²) in [5.74, 6) is -0.458. The molecule has 1 aromatic rings. The number of H-pyrrole nitrogens is 1. The van der Waals surface area contributed by atoms with Crippen LogP contribution in [-0.4, -0.2) is 24.1 Å². The first-order valence-corrected chi connectivity index (χ1v) is 4.56. The lowest BCUT2D eigenvalue weighted by atomic mass is 10.0. The molecule has 1 aromatic heterocycles. The second kappa shape index (κ2) is 4.75. The van der Waals surface area contributed by atoms with E-state index in [1.54, 1.807) is 13.1 Å². The van der Waals surface area contributed by atoms with Crippen molar-refractivity contribution >= 4 is 5.97 Å². The summed E-state index contributed by atoms with van der Waals surface area (Å²) < 4.78 is 4.51. The third-order valence-corrected chi connectivity index (χ3v) is 2.19. The number of nitrogens with one attached hydrogen (secondary N) is 1. The Kier molecular flexibility index (Phi) is 3.62. The molecule has 0 saturated heterocycles. The number of carbonyl (C=O) groups excluding carboxylic acids is 1. The van der Waals surface area contributed by atoms with Gasteiger partial charge in [0.05, 0.1) is 7.11 Å². The molecule has 0 aliphatic carbocycles. The Labute approximate surface area is 87.3 Å². The van der Waals surface area contributed by atoms with Crippen LogP contribution in [0.4, 0.5) is 0 Å². The zero-order valence-electron chi connectivity index (χ0n) is 8.74. The van der Waals surface area contributed by atoms with Crippen molar-refractivity contribution in [1.29, 1.82) is 0 Å². The minimum Gasteiger partial charge on any atom is -0.468 e. The van der Waals surface area contributed by atoms with Gasteiger partial charge in [-0.05, 0) is 24.5 Å². The number of aromatic amines is 1. The molecule has 0 aromatic carbocycles. The fourth-order valence-electron chi connectivity index (χ4n) is 1.29. The molecule has 15 heavy (non-hydrogen) atoms. The van der Waals surface area contributed by atoms with Crippen molar-refractivity contribution < 1.29 is 9.53 Å². The maximum absolute atomic E-state index is 11.1. The van der Waals surface area contributed by atoms with Gasteiger partial charge in [-0.1, -0.05) is 0 Å². The smallest absolute Gasteiger partial charge is 0.322 e. The number of aryl methyl sites for hydroxylation is 1. The number of carbonyl (C=O) groups is 1. The lowest BCUT2D eigenvalue weighted by molar-refractivity contribution is -0.142. The molecule has 0 unspecified atom stereocenters. The quantitative estimate of drug-likeness (QED) is 0.672. The van der Waals surface area contributed by atoms with Gasteiger partial charge in [-0.15, -0.1) is 0 Å². The Morgan fingerprint density at radius 1 is 1.67 bits per heavy atom. The molecule has 0 fully saturated rings. The van der Waals surface area contributed by atoms with Crippen molar-refractivity contribution in [2.75, 3.05) is 7.11 Å². The van der Waals surface area contributed by atoms with Gasteiger partial charge in [0.1, 0.15) is 6.04 Å². The van der Waals surface area contributed by atoms with Gasteiger partial charge < -0.3 is 15.5 Å². The van der Waals surface area contributed by atoms with Crippen LogP contribution in [0.5, 0.6) is 0 Å². The zero-order valence-corrected chi connectivity index (χ0v) is 8.74. The molecule has 5 nitrogen and oxygen atoms in total. The van der Waals surface area contributed by atoms with Gasteiger partial charge in [0.15, 0.2) is 0 Å². The van der Waals surface area contributed by atoms with E-state index in [1.165, 1.54) is 13.2 Å². The zero-order chi connectivity index (χ0) is 11.4. The number of nitrogens with two attached hydrogens (primary N) is 1. The number of aromatic nitrogens is 1. The molecule has 1 rings (SSSR count). The van der Waals surface area contributed by atoms with Gasteiger partial charge in [-0.25, -0.2) is 0 Å². The SMILES string of the molecule is COC(=O)[C@H](N)Cc1c[nH]c(=O)cc1C. The van der Waals surface area contributed by atoms with E-state index in [9.17, 15) is 9.59 Å². The fraction of sp³-hybridized carbons (Fsp3) is 0.400. The highest BCUT2D eigenvalue weighted by Crippen LogP contribution is 2.06. The highest BCUT2D eigenvalue weighted by molar-refractivity contribution is 5.75. The molecule has 0 aliphatic heterocycles. The van der Waals surface area contributed by atoms with E-state index in [1.807, 2.05) is 0 Å². The van der Waals surface area contributed by atoms with Crippen molar-refractivity contribution in [3.63, 3.8) is 0 Å². The van der Waals surface area contributed by atoms with Gasteiger partial charge in [0.2, 0.25) is 5.56 Å². The van der Waals surface area contributed by atoms with E-state index in [-0.39, 0.29) is 5.56 Å². The molecule has 3 N–H and O–H groups in total. The van der Waals surface area contributed by atoms with E-state index in [2.05, 4.69) is 9.72 Å². The second-order valence-corrected chi connectivity index (χ2v) is 3.34. The lowest BCUT2D eigenvalue weighted by Crippen LogP contribution is -2.34. The second-order valence-electron chi connectivity index (χ2n) is 3.34. The van der Waals surface area contributed by atoms with Crippen molar-refractivity contribution in [3.8, 4) is 0 Å². The van der Waals surface area contributed by atoms with Crippen LogP contribution in [-0.2, 0) is 16.0 Å². The van der Waals surface area contributed by atoms with Crippen LogP contribution in [0.1, 0.15) is 11.1 Å². The normalized spacial score (nSPS) is 12.2. The molecular formula is C10H14N2O3. The molecule has 0 radical (unpaired) electrons. The maximum Gasteiger partial charge on any atom is 0.322 e. The van der Waals surface area contributed by atoms with Crippen LogP contribution in [0.2, 0.25) is 0 Å². The summed E-state index contributed by atoms with van der Waals surface area (Å²) >= 11 is 0. The molecule has 0 amide bonds. The number of ether oxygens (including phenoxy) is 1. The van der Waals surface area contributed by atoms with Gasteiger partial charge in [0, 0.05) is 12.3 Å². The number of pyridine rings is 1. The summed E-state index contributed by atoms with van der Waals surface area (Å²) in [6.07, 6.45) is 1.93. The highest BCUT2D eigenvalue weighted by Gasteiger charge is 2.15. The van der Waals surface area contributed by atoms with E-state index in [0.717, 1.165) is 11.1 Å². The van der Waals surface area contributed by atoms with Crippen LogP contribution in [0.25, 0.3) is 0 Å². The van der Waals surface area contributed by atoms with Crippen LogP contribution in [0, 0.1) is 6.92 Å². The number of hydrogen-bond acceptors (Lipinski definition) is 4. The molecule has 1 heterocycles. The molecule has 0 aliphatic rings. The van der Waals surface area contributed by atoms with Crippen LogP contribution in [0.3, 0.4) is 0 Å². The Morgan fingerprint density at radius 2 is 2.33 bits per heavy atom. The van der Waals surface area contributed by atoms with Gasteiger partial charge in [-0.3, -0.25) is 9.59 Å². The summed E-state index contributed by atoms with van der Waals surface area (Å²) in [6, 6.07) is 0.777. The van der Waals surface area contributed by atoms with Crippen molar-refractivity contribution in [2.45, 2.75) is 19.4 Å². The monoisotopic (exact) mass is 210 g/mol. The Morgan fingerprint density at radius 3 is 2.87 bits per heavy atom. The Bertz CT molecular complexity index is 411. The third-order valence-electron chi connectivity index (χ3n) is 2.19. The predicted molar refractivity (Wildman–Crippen MR) is 55.5 cm³/mol. The first-order valence-electron chi connectivity index (χ1n) is 4.56. The van der Waals surface area contributed by atoms with Crippen LogP contribution < -0.4 is 11.3 Å². The number of esters is 1. The summed E-state index contributed by atoms with van der Waals surface area (Å²) in [5, 5.41) is 0. The maximum atomic E-state index is 11.1. The minimum absolute atomic E-state index is 0.164.